The summed E-state index contributed by atoms with van der Waals surface area (Å²) in [5.74, 6) is -1.50. The maximum absolute atomic E-state index is 14.4. The summed E-state index contributed by atoms with van der Waals surface area (Å²) in [6.07, 6.45) is 2.88. The van der Waals surface area contributed by atoms with E-state index in [2.05, 4.69) is 15.3 Å². The summed E-state index contributed by atoms with van der Waals surface area (Å²) in [7, 11) is 1.65. The van der Waals surface area contributed by atoms with E-state index in [0.717, 1.165) is 6.07 Å². The fourth-order valence-electron chi connectivity index (χ4n) is 3.41. The van der Waals surface area contributed by atoms with Crippen molar-refractivity contribution >= 4 is 40.3 Å². The van der Waals surface area contributed by atoms with Crippen molar-refractivity contribution in [3.8, 4) is 0 Å². The fraction of sp³-hybridized carbons (Fsp3) is 0.333. The third kappa shape index (κ3) is 3.45. The standard InChI is InChI=1S/C18H18ClFN6O3/c1-25-13-8-22-17(23-14-11(19)6-9(15(21)27)7-12(14)20)24-16(13)26(18(25)28)10-2-4-29-5-3-10/h6-8,10H,2-5H2,1H3,(H2,21,27)(H,22,23,24). The van der Waals surface area contributed by atoms with Gasteiger partial charge in [-0.05, 0) is 25.0 Å². The predicted molar refractivity (Wildman–Crippen MR) is 105 cm³/mol. The fourth-order valence-corrected chi connectivity index (χ4v) is 3.67. The first-order chi connectivity index (χ1) is 13.9. The number of hydrogen-bond acceptors (Lipinski definition) is 6. The highest BCUT2D eigenvalue weighted by Crippen LogP contribution is 2.30. The van der Waals surface area contributed by atoms with Gasteiger partial charge in [0.05, 0.1) is 16.9 Å². The second kappa shape index (κ2) is 7.45. The molecule has 1 aliphatic heterocycles. The highest BCUT2D eigenvalue weighted by atomic mass is 35.5. The minimum atomic E-state index is -0.792. The number of anilines is 2. The van der Waals surface area contributed by atoms with Gasteiger partial charge in [-0.15, -0.1) is 0 Å². The molecule has 0 aliphatic carbocycles. The highest BCUT2D eigenvalue weighted by Gasteiger charge is 2.23. The van der Waals surface area contributed by atoms with Crippen molar-refractivity contribution < 1.29 is 13.9 Å². The van der Waals surface area contributed by atoms with Crippen LogP contribution in [0.5, 0.6) is 0 Å². The van der Waals surface area contributed by atoms with Crippen LogP contribution in [0.3, 0.4) is 0 Å². The number of aromatic nitrogens is 4. The van der Waals surface area contributed by atoms with Crippen LogP contribution in [0.4, 0.5) is 16.0 Å². The minimum Gasteiger partial charge on any atom is -0.381 e. The number of imidazole rings is 1. The van der Waals surface area contributed by atoms with Gasteiger partial charge in [-0.1, -0.05) is 11.6 Å². The molecule has 3 heterocycles. The van der Waals surface area contributed by atoms with Crippen molar-refractivity contribution in [2.45, 2.75) is 18.9 Å². The number of carbonyl (C=O) groups excluding carboxylic acids is 1. The normalized spacial score (nSPS) is 15.0. The van der Waals surface area contributed by atoms with E-state index >= 15 is 0 Å². The molecule has 0 spiro atoms. The first kappa shape index (κ1) is 19.3. The Morgan fingerprint density at radius 1 is 1.38 bits per heavy atom. The maximum Gasteiger partial charge on any atom is 0.330 e. The van der Waals surface area contributed by atoms with E-state index in [9.17, 15) is 14.0 Å². The molecule has 29 heavy (non-hydrogen) atoms. The molecule has 1 saturated heterocycles. The lowest BCUT2D eigenvalue weighted by atomic mass is 10.1. The lowest BCUT2D eigenvalue weighted by Crippen LogP contribution is -2.30. The van der Waals surface area contributed by atoms with E-state index in [4.69, 9.17) is 22.1 Å². The van der Waals surface area contributed by atoms with Crippen molar-refractivity contribution in [1.82, 2.24) is 19.1 Å². The average Bonchev–Trinajstić information content (AvgIpc) is 2.95. The lowest BCUT2D eigenvalue weighted by Gasteiger charge is -2.22. The molecule has 1 amide bonds. The second-order valence-corrected chi connectivity index (χ2v) is 7.17. The molecule has 0 saturated carbocycles. The van der Waals surface area contributed by atoms with Crippen LogP contribution in [0, 0.1) is 5.82 Å². The molecule has 9 nitrogen and oxygen atoms in total. The lowest BCUT2D eigenvalue weighted by molar-refractivity contribution is 0.0695. The molecule has 3 aromatic rings. The molecule has 3 N–H and O–H groups in total. The van der Waals surface area contributed by atoms with E-state index in [1.165, 1.54) is 16.8 Å². The highest BCUT2D eigenvalue weighted by molar-refractivity contribution is 6.33. The van der Waals surface area contributed by atoms with E-state index in [0.29, 0.717) is 37.2 Å². The van der Waals surface area contributed by atoms with E-state index < -0.39 is 11.7 Å². The van der Waals surface area contributed by atoms with Crippen LogP contribution >= 0.6 is 11.6 Å². The summed E-state index contributed by atoms with van der Waals surface area (Å²) in [5.41, 5.74) is 5.82. The summed E-state index contributed by atoms with van der Waals surface area (Å²) in [4.78, 5) is 32.6. The number of aryl methyl sites for hydroxylation is 1. The Bertz CT molecular complexity index is 1150. The molecule has 2 aromatic heterocycles. The number of halogens is 2. The summed E-state index contributed by atoms with van der Waals surface area (Å²) < 4.78 is 22.9. The van der Waals surface area contributed by atoms with Gasteiger partial charge in [0, 0.05) is 31.9 Å². The number of nitrogens with two attached hydrogens (primary N) is 1. The zero-order valence-electron chi connectivity index (χ0n) is 15.5. The number of ether oxygens (including phenoxy) is 1. The number of amides is 1. The molecular formula is C18H18ClFN6O3. The molecule has 4 rings (SSSR count). The largest absolute Gasteiger partial charge is 0.381 e. The number of nitrogens with zero attached hydrogens (tertiary/aromatic N) is 4. The number of benzene rings is 1. The number of rotatable bonds is 4. The van der Waals surface area contributed by atoms with Crippen LogP contribution in [-0.2, 0) is 11.8 Å². The van der Waals surface area contributed by atoms with Gasteiger partial charge in [-0.3, -0.25) is 13.9 Å². The zero-order valence-corrected chi connectivity index (χ0v) is 16.2. The minimum absolute atomic E-state index is 0.0436. The summed E-state index contributed by atoms with van der Waals surface area (Å²) in [6.45, 7) is 1.13. The molecule has 11 heteroatoms. The summed E-state index contributed by atoms with van der Waals surface area (Å²) >= 11 is 6.09. The smallest absolute Gasteiger partial charge is 0.330 e. The average molecular weight is 421 g/mol. The number of carbonyl (C=O) groups is 1. The van der Waals surface area contributed by atoms with Crippen molar-refractivity contribution in [2.75, 3.05) is 18.5 Å². The van der Waals surface area contributed by atoms with Gasteiger partial charge in [-0.2, -0.15) is 4.98 Å². The summed E-state index contributed by atoms with van der Waals surface area (Å²) in [6, 6.07) is 2.20. The topological polar surface area (TPSA) is 117 Å². The number of hydrogen-bond donors (Lipinski definition) is 2. The first-order valence-electron chi connectivity index (χ1n) is 8.94. The van der Waals surface area contributed by atoms with Crippen molar-refractivity contribution in [3.63, 3.8) is 0 Å². The molecule has 0 radical (unpaired) electrons. The Balaban J connectivity index is 1.76. The van der Waals surface area contributed by atoms with Crippen molar-refractivity contribution in [2.24, 2.45) is 12.8 Å². The van der Waals surface area contributed by atoms with Gasteiger partial charge in [0.15, 0.2) is 5.65 Å². The Kier molecular flexibility index (Phi) is 4.97. The van der Waals surface area contributed by atoms with Gasteiger partial charge in [0.1, 0.15) is 11.3 Å². The van der Waals surface area contributed by atoms with E-state index in [-0.39, 0.29) is 34.0 Å². The molecule has 1 fully saturated rings. The zero-order chi connectivity index (χ0) is 20.7. The Morgan fingerprint density at radius 3 is 2.76 bits per heavy atom. The molecule has 152 valence electrons. The van der Waals surface area contributed by atoms with Gasteiger partial charge in [-0.25, -0.2) is 14.2 Å². The molecular weight excluding hydrogens is 403 g/mol. The van der Waals surface area contributed by atoms with Gasteiger partial charge >= 0.3 is 5.69 Å². The van der Waals surface area contributed by atoms with Crippen LogP contribution in [0.2, 0.25) is 5.02 Å². The van der Waals surface area contributed by atoms with Crippen LogP contribution < -0.4 is 16.7 Å². The monoisotopic (exact) mass is 420 g/mol. The number of nitrogens with one attached hydrogen (secondary N) is 1. The maximum atomic E-state index is 14.4. The van der Waals surface area contributed by atoms with Crippen molar-refractivity contribution in [1.29, 1.82) is 0 Å². The SMILES string of the molecule is Cn1c(=O)n(C2CCOCC2)c2nc(Nc3c(F)cc(C(N)=O)cc3Cl)ncc21. The Hall–Kier alpha value is -2.98. The van der Waals surface area contributed by atoms with Crippen LogP contribution in [0.15, 0.2) is 23.1 Å². The summed E-state index contributed by atoms with van der Waals surface area (Å²) in [5, 5.41) is 2.68. The van der Waals surface area contributed by atoms with E-state index in [1.54, 1.807) is 11.6 Å². The third-order valence-corrected chi connectivity index (χ3v) is 5.25. The van der Waals surface area contributed by atoms with E-state index in [1.807, 2.05) is 0 Å². The Morgan fingerprint density at radius 2 is 2.10 bits per heavy atom. The molecule has 1 aromatic carbocycles. The molecule has 1 aliphatic rings. The van der Waals surface area contributed by atoms with Crippen LogP contribution in [0.25, 0.3) is 11.2 Å². The quantitative estimate of drug-likeness (QED) is 0.667. The third-order valence-electron chi connectivity index (χ3n) is 4.95. The number of primary amides is 1. The predicted octanol–water partition coefficient (Wildman–Crippen LogP) is 2.12. The molecule has 0 bridgehead atoms. The number of fused-ring (bicyclic) bond motifs is 1. The van der Waals surface area contributed by atoms with Gasteiger partial charge in [0.2, 0.25) is 11.9 Å². The second-order valence-electron chi connectivity index (χ2n) is 6.76. The Labute approximate surface area is 169 Å². The van der Waals surface area contributed by atoms with Gasteiger partial charge in [0.25, 0.3) is 0 Å². The van der Waals surface area contributed by atoms with Gasteiger partial charge < -0.3 is 15.8 Å². The molecule has 0 unspecified atom stereocenters. The van der Waals surface area contributed by atoms with Crippen LogP contribution in [-0.4, -0.2) is 38.2 Å². The molecule has 0 atom stereocenters. The van der Waals surface area contributed by atoms with Crippen molar-refractivity contribution in [3.05, 3.63) is 45.2 Å². The first-order valence-corrected chi connectivity index (χ1v) is 9.32. The van der Waals surface area contributed by atoms with Crippen LogP contribution in [0.1, 0.15) is 29.2 Å².